The fourth-order valence-corrected chi connectivity index (χ4v) is 3.34. The molecule has 1 aliphatic heterocycles. The average Bonchev–Trinajstić information content (AvgIpc) is 3.43. The van der Waals surface area contributed by atoms with Gasteiger partial charge in [0, 0.05) is 24.9 Å². The second kappa shape index (κ2) is 6.54. The molecule has 136 valence electrons. The number of benzene rings is 1. The van der Waals surface area contributed by atoms with E-state index >= 15 is 0 Å². The van der Waals surface area contributed by atoms with Crippen molar-refractivity contribution in [2.75, 3.05) is 13.2 Å². The lowest BCUT2D eigenvalue weighted by atomic mass is 10.1. The maximum atomic E-state index is 12.0. The normalized spacial score (nSPS) is 15.9. The summed E-state index contributed by atoms with van der Waals surface area (Å²) in [4.78, 5) is 24.5. The summed E-state index contributed by atoms with van der Waals surface area (Å²) in [5.74, 6) is 2.08. The van der Waals surface area contributed by atoms with Crippen LogP contribution in [0.3, 0.4) is 0 Å². The molecule has 1 fully saturated rings. The zero-order valence-electron chi connectivity index (χ0n) is 14.9. The smallest absolute Gasteiger partial charge is 0.253 e. The molecule has 1 saturated carbocycles. The Morgan fingerprint density at radius 1 is 1.15 bits per heavy atom. The van der Waals surface area contributed by atoms with Gasteiger partial charge < -0.3 is 15.0 Å². The molecule has 0 spiro atoms. The highest BCUT2D eigenvalue weighted by Gasteiger charge is 2.23. The van der Waals surface area contributed by atoms with E-state index in [1.807, 2.05) is 36.4 Å². The van der Waals surface area contributed by atoms with Crippen LogP contribution in [0, 0.1) is 5.92 Å². The SMILES string of the molecule is O=C1NCCc2[nH]c(-c3ccnc(-c4ccccc4OCC4CC4)n3)cc21. The largest absolute Gasteiger partial charge is 0.493 e. The molecule has 3 aromatic rings. The van der Waals surface area contributed by atoms with Crippen molar-refractivity contribution in [3.63, 3.8) is 0 Å². The Hall–Kier alpha value is -3.15. The Morgan fingerprint density at radius 3 is 2.89 bits per heavy atom. The zero-order valence-corrected chi connectivity index (χ0v) is 14.9. The number of hydrogen-bond acceptors (Lipinski definition) is 4. The number of para-hydroxylation sites is 1. The molecule has 1 aliphatic carbocycles. The first-order chi connectivity index (χ1) is 13.3. The van der Waals surface area contributed by atoms with Gasteiger partial charge in [-0.05, 0) is 43.0 Å². The van der Waals surface area contributed by atoms with E-state index in [1.165, 1.54) is 12.8 Å². The molecule has 0 bridgehead atoms. The fourth-order valence-electron chi connectivity index (χ4n) is 3.34. The number of fused-ring (bicyclic) bond motifs is 1. The number of hydrogen-bond donors (Lipinski definition) is 2. The predicted molar refractivity (Wildman–Crippen MR) is 102 cm³/mol. The highest BCUT2D eigenvalue weighted by atomic mass is 16.5. The van der Waals surface area contributed by atoms with Crippen molar-refractivity contribution < 1.29 is 9.53 Å². The van der Waals surface area contributed by atoms with Crippen LogP contribution in [-0.4, -0.2) is 34.0 Å². The van der Waals surface area contributed by atoms with Crippen LogP contribution >= 0.6 is 0 Å². The Labute approximate surface area is 157 Å². The third kappa shape index (κ3) is 3.18. The minimum atomic E-state index is -0.0353. The molecule has 0 unspecified atom stereocenters. The molecule has 2 aliphatic rings. The number of nitrogens with zero attached hydrogens (tertiary/aromatic N) is 2. The quantitative estimate of drug-likeness (QED) is 0.732. The van der Waals surface area contributed by atoms with Crippen molar-refractivity contribution in [2.24, 2.45) is 5.92 Å². The highest BCUT2D eigenvalue weighted by molar-refractivity contribution is 5.97. The Kier molecular flexibility index (Phi) is 3.89. The van der Waals surface area contributed by atoms with E-state index in [0.29, 0.717) is 23.9 Å². The van der Waals surface area contributed by atoms with Crippen molar-refractivity contribution in [1.29, 1.82) is 0 Å². The minimum Gasteiger partial charge on any atom is -0.493 e. The molecule has 2 aromatic heterocycles. The van der Waals surface area contributed by atoms with E-state index in [1.54, 1.807) is 6.20 Å². The van der Waals surface area contributed by atoms with Crippen LogP contribution in [0.2, 0.25) is 0 Å². The standard InChI is InChI=1S/C21H20N4O2/c26-21-15-11-18(24-16(15)7-10-23-21)17-8-9-22-20(25-17)14-3-1-2-4-19(14)27-12-13-5-6-13/h1-4,8-9,11,13,24H,5-7,10,12H2,(H,23,26). The number of carbonyl (C=O) groups excluding carboxylic acids is 1. The average molecular weight is 360 g/mol. The van der Waals surface area contributed by atoms with E-state index in [0.717, 1.165) is 41.4 Å². The molecule has 1 aromatic carbocycles. The molecule has 2 N–H and O–H groups in total. The molecule has 0 atom stereocenters. The summed E-state index contributed by atoms with van der Waals surface area (Å²) >= 11 is 0. The fraction of sp³-hybridized carbons (Fsp3) is 0.286. The lowest BCUT2D eigenvalue weighted by Gasteiger charge is -2.11. The second-order valence-corrected chi connectivity index (χ2v) is 7.10. The van der Waals surface area contributed by atoms with Gasteiger partial charge >= 0.3 is 0 Å². The van der Waals surface area contributed by atoms with Gasteiger partial charge in [-0.15, -0.1) is 0 Å². The van der Waals surface area contributed by atoms with Crippen LogP contribution in [0.1, 0.15) is 28.9 Å². The molecule has 0 radical (unpaired) electrons. The Bertz CT molecular complexity index is 1010. The van der Waals surface area contributed by atoms with Crippen LogP contribution < -0.4 is 10.1 Å². The molecule has 6 nitrogen and oxygen atoms in total. The summed E-state index contributed by atoms with van der Waals surface area (Å²) in [6.07, 6.45) is 5.05. The van der Waals surface area contributed by atoms with Gasteiger partial charge in [0.25, 0.3) is 5.91 Å². The van der Waals surface area contributed by atoms with Crippen molar-refractivity contribution in [3.8, 4) is 28.5 Å². The molecule has 0 saturated heterocycles. The summed E-state index contributed by atoms with van der Waals surface area (Å²) in [6, 6.07) is 11.6. The number of nitrogens with one attached hydrogen (secondary N) is 2. The lowest BCUT2D eigenvalue weighted by Crippen LogP contribution is -2.31. The predicted octanol–water partition coefficient (Wildman–Crippen LogP) is 3.21. The van der Waals surface area contributed by atoms with Gasteiger partial charge in [-0.2, -0.15) is 0 Å². The minimum absolute atomic E-state index is 0.0353. The van der Waals surface area contributed by atoms with Gasteiger partial charge in [-0.3, -0.25) is 4.79 Å². The summed E-state index contributed by atoms with van der Waals surface area (Å²) in [5.41, 5.74) is 4.14. The number of H-pyrrole nitrogens is 1. The topological polar surface area (TPSA) is 79.9 Å². The van der Waals surface area contributed by atoms with Crippen molar-refractivity contribution in [3.05, 3.63) is 53.9 Å². The van der Waals surface area contributed by atoms with Crippen molar-refractivity contribution in [1.82, 2.24) is 20.3 Å². The van der Waals surface area contributed by atoms with Gasteiger partial charge in [0.05, 0.1) is 29.1 Å². The van der Waals surface area contributed by atoms with E-state index in [2.05, 4.69) is 15.3 Å². The monoisotopic (exact) mass is 360 g/mol. The zero-order chi connectivity index (χ0) is 18.2. The van der Waals surface area contributed by atoms with Gasteiger partial charge in [0.15, 0.2) is 5.82 Å². The van der Waals surface area contributed by atoms with Crippen LogP contribution in [0.5, 0.6) is 5.75 Å². The number of amides is 1. The molecule has 6 heteroatoms. The molecule has 1 amide bonds. The van der Waals surface area contributed by atoms with Crippen molar-refractivity contribution in [2.45, 2.75) is 19.3 Å². The number of aromatic amines is 1. The van der Waals surface area contributed by atoms with E-state index < -0.39 is 0 Å². The third-order valence-electron chi connectivity index (χ3n) is 5.04. The first-order valence-corrected chi connectivity index (χ1v) is 9.33. The van der Waals surface area contributed by atoms with E-state index in [-0.39, 0.29) is 5.91 Å². The first-order valence-electron chi connectivity index (χ1n) is 9.33. The number of ether oxygens (including phenoxy) is 1. The lowest BCUT2D eigenvalue weighted by molar-refractivity contribution is 0.0946. The molecule has 5 rings (SSSR count). The first kappa shape index (κ1) is 16.1. The van der Waals surface area contributed by atoms with Crippen LogP contribution in [-0.2, 0) is 6.42 Å². The van der Waals surface area contributed by atoms with Crippen molar-refractivity contribution >= 4 is 5.91 Å². The molecular formula is C21H20N4O2. The number of rotatable bonds is 5. The second-order valence-electron chi connectivity index (χ2n) is 7.10. The molecule has 27 heavy (non-hydrogen) atoms. The maximum Gasteiger partial charge on any atom is 0.253 e. The molecular weight excluding hydrogens is 340 g/mol. The number of aromatic nitrogens is 3. The van der Waals surface area contributed by atoms with Crippen LogP contribution in [0.25, 0.3) is 22.8 Å². The van der Waals surface area contributed by atoms with E-state index in [4.69, 9.17) is 9.72 Å². The Balaban J connectivity index is 1.49. The number of carbonyl (C=O) groups is 1. The summed E-state index contributed by atoms with van der Waals surface area (Å²) in [6.45, 7) is 1.40. The van der Waals surface area contributed by atoms with E-state index in [9.17, 15) is 4.79 Å². The van der Waals surface area contributed by atoms with Crippen LogP contribution in [0.15, 0.2) is 42.6 Å². The third-order valence-corrected chi connectivity index (χ3v) is 5.04. The van der Waals surface area contributed by atoms with Gasteiger partial charge in [-0.25, -0.2) is 9.97 Å². The summed E-state index contributed by atoms with van der Waals surface area (Å²) in [7, 11) is 0. The maximum absolute atomic E-state index is 12.0. The summed E-state index contributed by atoms with van der Waals surface area (Å²) < 4.78 is 6.00. The highest BCUT2D eigenvalue weighted by Crippen LogP contribution is 2.33. The Morgan fingerprint density at radius 2 is 2.04 bits per heavy atom. The molecule has 3 heterocycles. The van der Waals surface area contributed by atoms with Gasteiger partial charge in [-0.1, -0.05) is 12.1 Å². The van der Waals surface area contributed by atoms with Gasteiger partial charge in [0.1, 0.15) is 5.75 Å². The van der Waals surface area contributed by atoms with Gasteiger partial charge in [0.2, 0.25) is 0 Å². The summed E-state index contributed by atoms with van der Waals surface area (Å²) in [5, 5.41) is 2.87. The van der Waals surface area contributed by atoms with Crippen LogP contribution in [0.4, 0.5) is 0 Å².